The van der Waals surface area contributed by atoms with Crippen molar-refractivity contribution in [2.75, 3.05) is 44.7 Å². The van der Waals surface area contributed by atoms with Gasteiger partial charge in [-0.2, -0.15) is 0 Å². The van der Waals surface area contributed by atoms with Gasteiger partial charge in [0.15, 0.2) is 0 Å². The number of hydrogen-bond acceptors (Lipinski definition) is 5. The first-order chi connectivity index (χ1) is 9.75. The van der Waals surface area contributed by atoms with Crippen molar-refractivity contribution in [1.82, 2.24) is 20.2 Å². The molecule has 1 aliphatic carbocycles. The van der Waals surface area contributed by atoms with E-state index in [1.807, 2.05) is 16.8 Å². The molecule has 20 heavy (non-hydrogen) atoms. The molecule has 3 rings (SSSR count). The van der Waals surface area contributed by atoms with Gasteiger partial charge in [-0.05, 0) is 19.3 Å². The number of anilines is 1. The van der Waals surface area contributed by atoms with Crippen LogP contribution in [0.3, 0.4) is 0 Å². The van der Waals surface area contributed by atoms with Crippen LogP contribution in [0.2, 0.25) is 0 Å². The number of rotatable bonds is 3. The molecule has 0 radical (unpaired) electrons. The van der Waals surface area contributed by atoms with Crippen molar-refractivity contribution in [3.05, 3.63) is 17.6 Å². The fourth-order valence-corrected chi connectivity index (χ4v) is 2.96. The Morgan fingerprint density at radius 2 is 2.15 bits per heavy atom. The molecule has 6 heteroatoms. The Morgan fingerprint density at radius 3 is 2.95 bits per heavy atom. The molecule has 0 unspecified atom stereocenters. The molecule has 1 saturated heterocycles. The minimum absolute atomic E-state index is 0.180. The van der Waals surface area contributed by atoms with Crippen molar-refractivity contribution >= 4 is 11.7 Å². The van der Waals surface area contributed by atoms with Crippen molar-refractivity contribution in [1.29, 1.82) is 0 Å². The summed E-state index contributed by atoms with van der Waals surface area (Å²) in [6.07, 6.45) is 4.81. The van der Waals surface area contributed by atoms with Crippen LogP contribution in [0.4, 0.5) is 5.82 Å². The average Bonchev–Trinajstić information content (AvgIpc) is 2.96. The number of likely N-dealkylation sites (N-methyl/N-ethyl adjacent to an activating group) is 1. The highest BCUT2D eigenvalue weighted by atomic mass is 16.2. The van der Waals surface area contributed by atoms with E-state index in [1.54, 1.807) is 6.33 Å². The molecule has 1 aliphatic heterocycles. The maximum atomic E-state index is 12.3. The number of piperazine rings is 1. The molecule has 0 aromatic carbocycles. The summed E-state index contributed by atoms with van der Waals surface area (Å²) in [7, 11) is 1.95. The first-order valence-electron chi connectivity index (χ1n) is 7.28. The Kier molecular flexibility index (Phi) is 3.82. The van der Waals surface area contributed by atoms with Crippen LogP contribution in [0.15, 0.2) is 6.33 Å². The lowest BCUT2D eigenvalue weighted by atomic mass is 10.2. The number of aryl methyl sites for hydroxylation is 1. The molecule has 1 N–H and O–H groups in total. The third-order valence-corrected chi connectivity index (χ3v) is 4.06. The number of carbonyl (C=O) groups is 1. The Labute approximate surface area is 119 Å². The van der Waals surface area contributed by atoms with Gasteiger partial charge in [0.05, 0.1) is 6.54 Å². The van der Waals surface area contributed by atoms with Crippen LogP contribution in [0.5, 0.6) is 0 Å². The van der Waals surface area contributed by atoms with E-state index in [4.69, 9.17) is 0 Å². The lowest BCUT2D eigenvalue weighted by Crippen LogP contribution is -2.49. The molecular formula is C14H21N5O. The number of fused-ring (bicyclic) bond motifs is 1. The highest BCUT2D eigenvalue weighted by Crippen LogP contribution is 2.27. The maximum Gasteiger partial charge on any atom is 0.242 e. The van der Waals surface area contributed by atoms with Crippen LogP contribution in [0.25, 0.3) is 0 Å². The fraction of sp³-hybridized carbons (Fsp3) is 0.643. The number of nitrogens with one attached hydrogen (secondary N) is 1. The van der Waals surface area contributed by atoms with Gasteiger partial charge in [-0.25, -0.2) is 9.97 Å². The molecule has 6 nitrogen and oxygen atoms in total. The standard InChI is InChI=1S/C14H21N5O/c1-18(9-13(20)19-7-5-15-6-8-19)14-11-3-2-4-12(11)16-10-17-14/h10,15H,2-9H2,1H3. The van der Waals surface area contributed by atoms with E-state index in [0.717, 1.165) is 57.0 Å². The van der Waals surface area contributed by atoms with Gasteiger partial charge in [0.25, 0.3) is 0 Å². The van der Waals surface area contributed by atoms with E-state index in [-0.39, 0.29) is 5.91 Å². The van der Waals surface area contributed by atoms with E-state index in [9.17, 15) is 4.79 Å². The van der Waals surface area contributed by atoms with E-state index in [0.29, 0.717) is 6.54 Å². The summed E-state index contributed by atoms with van der Waals surface area (Å²) in [6, 6.07) is 0. The van der Waals surface area contributed by atoms with Gasteiger partial charge in [0, 0.05) is 44.5 Å². The topological polar surface area (TPSA) is 61.4 Å². The summed E-state index contributed by atoms with van der Waals surface area (Å²) in [5.74, 6) is 1.11. The van der Waals surface area contributed by atoms with E-state index >= 15 is 0 Å². The zero-order chi connectivity index (χ0) is 13.9. The number of carbonyl (C=O) groups excluding carboxylic acids is 1. The summed E-state index contributed by atoms with van der Waals surface area (Å²) >= 11 is 0. The molecule has 2 heterocycles. The largest absolute Gasteiger partial charge is 0.350 e. The molecule has 2 aliphatic rings. The van der Waals surface area contributed by atoms with Crippen LogP contribution in [0, 0.1) is 0 Å². The zero-order valence-electron chi connectivity index (χ0n) is 11.9. The molecular weight excluding hydrogens is 254 g/mol. The van der Waals surface area contributed by atoms with E-state index in [1.165, 1.54) is 5.56 Å². The summed E-state index contributed by atoms with van der Waals surface area (Å²) in [5, 5.41) is 3.26. The number of nitrogens with zero attached hydrogens (tertiary/aromatic N) is 4. The van der Waals surface area contributed by atoms with Gasteiger partial charge in [0.1, 0.15) is 12.1 Å². The van der Waals surface area contributed by atoms with Crippen molar-refractivity contribution in [3.8, 4) is 0 Å². The Bertz CT molecular complexity index is 498. The molecule has 0 bridgehead atoms. The third kappa shape index (κ3) is 2.60. The van der Waals surface area contributed by atoms with Gasteiger partial charge < -0.3 is 15.1 Å². The second-order valence-electron chi connectivity index (χ2n) is 5.46. The fourth-order valence-electron chi connectivity index (χ4n) is 2.96. The Balaban J connectivity index is 1.68. The zero-order valence-corrected chi connectivity index (χ0v) is 11.9. The summed E-state index contributed by atoms with van der Waals surface area (Å²) in [4.78, 5) is 24.9. The minimum atomic E-state index is 0.180. The number of hydrogen-bond donors (Lipinski definition) is 1. The van der Waals surface area contributed by atoms with Crippen LogP contribution < -0.4 is 10.2 Å². The normalized spacial score (nSPS) is 17.9. The van der Waals surface area contributed by atoms with E-state index < -0.39 is 0 Å². The maximum absolute atomic E-state index is 12.3. The predicted molar refractivity (Wildman–Crippen MR) is 76.8 cm³/mol. The van der Waals surface area contributed by atoms with Crippen LogP contribution in [-0.2, 0) is 17.6 Å². The molecule has 0 saturated carbocycles. The van der Waals surface area contributed by atoms with Crippen molar-refractivity contribution in [3.63, 3.8) is 0 Å². The smallest absolute Gasteiger partial charge is 0.242 e. The van der Waals surface area contributed by atoms with Crippen LogP contribution in [-0.4, -0.2) is 60.5 Å². The lowest BCUT2D eigenvalue weighted by molar-refractivity contribution is -0.130. The monoisotopic (exact) mass is 275 g/mol. The third-order valence-electron chi connectivity index (χ3n) is 4.06. The molecule has 0 atom stereocenters. The molecule has 0 spiro atoms. The number of amides is 1. The minimum Gasteiger partial charge on any atom is -0.350 e. The summed E-state index contributed by atoms with van der Waals surface area (Å²) in [6.45, 7) is 3.77. The van der Waals surface area contributed by atoms with Gasteiger partial charge in [0.2, 0.25) is 5.91 Å². The second-order valence-corrected chi connectivity index (χ2v) is 5.46. The van der Waals surface area contributed by atoms with Gasteiger partial charge in [-0.15, -0.1) is 0 Å². The first kappa shape index (κ1) is 13.3. The first-order valence-corrected chi connectivity index (χ1v) is 7.28. The van der Waals surface area contributed by atoms with Crippen molar-refractivity contribution in [2.45, 2.75) is 19.3 Å². The second kappa shape index (κ2) is 5.75. The highest BCUT2D eigenvalue weighted by molar-refractivity contribution is 5.81. The average molecular weight is 275 g/mol. The quantitative estimate of drug-likeness (QED) is 0.830. The van der Waals surface area contributed by atoms with E-state index in [2.05, 4.69) is 15.3 Å². The van der Waals surface area contributed by atoms with Gasteiger partial charge in [-0.1, -0.05) is 0 Å². The SMILES string of the molecule is CN(CC(=O)N1CCNCC1)c1ncnc2c1CCC2. The Morgan fingerprint density at radius 1 is 1.35 bits per heavy atom. The highest BCUT2D eigenvalue weighted by Gasteiger charge is 2.22. The van der Waals surface area contributed by atoms with Crippen molar-refractivity contribution in [2.24, 2.45) is 0 Å². The summed E-state index contributed by atoms with van der Waals surface area (Å²) < 4.78 is 0. The Hall–Kier alpha value is -1.69. The molecule has 1 aromatic rings. The predicted octanol–water partition coefficient (Wildman–Crippen LogP) is -0.167. The molecule has 108 valence electrons. The number of aromatic nitrogens is 2. The van der Waals surface area contributed by atoms with Gasteiger partial charge in [-0.3, -0.25) is 4.79 Å². The van der Waals surface area contributed by atoms with Crippen LogP contribution in [0.1, 0.15) is 17.7 Å². The molecule has 1 aromatic heterocycles. The molecule has 1 amide bonds. The van der Waals surface area contributed by atoms with Gasteiger partial charge >= 0.3 is 0 Å². The molecule has 1 fully saturated rings. The van der Waals surface area contributed by atoms with Crippen LogP contribution >= 0.6 is 0 Å². The lowest BCUT2D eigenvalue weighted by Gasteiger charge is -2.29. The summed E-state index contributed by atoms with van der Waals surface area (Å²) in [5.41, 5.74) is 2.37. The van der Waals surface area contributed by atoms with Crippen molar-refractivity contribution < 1.29 is 4.79 Å².